The number of nitrogens with zero attached hydrogens (tertiary/aromatic N) is 1. The number of rotatable bonds is 6. The Labute approximate surface area is 121 Å². The minimum atomic E-state index is -2.50. The molecule has 6 heteroatoms. The predicted octanol–water partition coefficient (Wildman–Crippen LogP) is 2.43. The molecule has 4 nitrogen and oxygen atoms in total. The first-order valence-electron chi connectivity index (χ1n) is 6.55. The number of alkyl halides is 2. The van der Waals surface area contributed by atoms with Crippen LogP contribution in [0.2, 0.25) is 0 Å². The molecular formula is C15H16F2N2O2. The van der Waals surface area contributed by atoms with Gasteiger partial charge in [0.05, 0.1) is 6.54 Å². The van der Waals surface area contributed by atoms with E-state index in [0.29, 0.717) is 13.0 Å². The molecule has 1 aromatic carbocycles. The molecule has 2 rings (SSSR count). The zero-order chi connectivity index (χ0) is 15.2. The number of amides is 1. The third kappa shape index (κ3) is 4.30. The van der Waals surface area contributed by atoms with Gasteiger partial charge in [-0.1, -0.05) is 12.1 Å². The third-order valence-corrected chi connectivity index (χ3v) is 3.03. The normalized spacial score (nSPS) is 10.8. The molecule has 0 radical (unpaired) electrons. The van der Waals surface area contributed by atoms with Crippen molar-refractivity contribution in [2.24, 2.45) is 0 Å². The lowest BCUT2D eigenvalue weighted by molar-refractivity contribution is 0.0931. The third-order valence-electron chi connectivity index (χ3n) is 3.03. The highest BCUT2D eigenvalue weighted by Crippen LogP contribution is 2.10. The second-order valence-corrected chi connectivity index (χ2v) is 4.61. The Morgan fingerprint density at radius 3 is 2.62 bits per heavy atom. The van der Waals surface area contributed by atoms with Crippen LogP contribution in [0.15, 0.2) is 42.6 Å². The summed E-state index contributed by atoms with van der Waals surface area (Å²) < 4.78 is 26.0. The van der Waals surface area contributed by atoms with Crippen molar-refractivity contribution in [1.82, 2.24) is 9.88 Å². The molecule has 0 spiro atoms. The van der Waals surface area contributed by atoms with Gasteiger partial charge in [-0.05, 0) is 36.2 Å². The quantitative estimate of drug-likeness (QED) is 0.859. The summed E-state index contributed by atoms with van der Waals surface area (Å²) >= 11 is 0. The smallest absolute Gasteiger partial charge is 0.267 e. The first-order chi connectivity index (χ1) is 10.1. The molecule has 0 saturated carbocycles. The van der Waals surface area contributed by atoms with E-state index in [2.05, 4.69) is 5.32 Å². The summed E-state index contributed by atoms with van der Waals surface area (Å²) in [6.45, 7) is -0.100. The maximum Gasteiger partial charge on any atom is 0.267 e. The zero-order valence-electron chi connectivity index (χ0n) is 11.3. The zero-order valence-corrected chi connectivity index (χ0v) is 11.3. The number of benzene rings is 1. The Balaban J connectivity index is 1.87. The van der Waals surface area contributed by atoms with Gasteiger partial charge in [0.15, 0.2) is 0 Å². The minimum Gasteiger partial charge on any atom is -0.508 e. The van der Waals surface area contributed by atoms with E-state index in [1.807, 2.05) is 0 Å². The van der Waals surface area contributed by atoms with Crippen molar-refractivity contribution < 1.29 is 18.7 Å². The van der Waals surface area contributed by atoms with Gasteiger partial charge in [-0.2, -0.15) is 0 Å². The lowest BCUT2D eigenvalue weighted by Crippen LogP contribution is -2.28. The highest BCUT2D eigenvalue weighted by molar-refractivity contribution is 5.92. The van der Waals surface area contributed by atoms with E-state index in [0.717, 1.165) is 5.56 Å². The molecule has 21 heavy (non-hydrogen) atoms. The number of aromatic hydroxyl groups is 1. The van der Waals surface area contributed by atoms with Crippen molar-refractivity contribution >= 4 is 5.91 Å². The van der Waals surface area contributed by atoms with Crippen LogP contribution in [-0.2, 0) is 13.0 Å². The van der Waals surface area contributed by atoms with Crippen molar-refractivity contribution in [3.8, 4) is 5.75 Å². The van der Waals surface area contributed by atoms with E-state index in [9.17, 15) is 13.6 Å². The van der Waals surface area contributed by atoms with Crippen LogP contribution in [0.1, 0.15) is 16.1 Å². The fraction of sp³-hybridized carbons (Fsp3) is 0.267. The topological polar surface area (TPSA) is 54.3 Å². The Bertz CT molecular complexity index is 594. The monoisotopic (exact) mass is 294 g/mol. The van der Waals surface area contributed by atoms with Crippen molar-refractivity contribution in [2.75, 3.05) is 6.54 Å². The highest BCUT2D eigenvalue weighted by atomic mass is 19.3. The van der Waals surface area contributed by atoms with Gasteiger partial charge < -0.3 is 15.0 Å². The number of carbonyl (C=O) groups excluding carboxylic acids is 1. The highest BCUT2D eigenvalue weighted by Gasteiger charge is 2.13. The van der Waals surface area contributed by atoms with Crippen LogP contribution in [0.3, 0.4) is 0 Å². The summed E-state index contributed by atoms with van der Waals surface area (Å²) in [4.78, 5) is 11.9. The van der Waals surface area contributed by atoms with Gasteiger partial charge in [0.2, 0.25) is 0 Å². The maximum atomic E-state index is 12.4. The molecule has 0 saturated heterocycles. The average Bonchev–Trinajstić information content (AvgIpc) is 2.88. The fourth-order valence-corrected chi connectivity index (χ4v) is 2.00. The Kier molecular flexibility index (Phi) is 4.92. The average molecular weight is 294 g/mol. The molecule has 0 aliphatic rings. The largest absolute Gasteiger partial charge is 0.508 e. The molecule has 1 heterocycles. The number of hydrogen-bond donors (Lipinski definition) is 2. The second kappa shape index (κ2) is 6.88. The van der Waals surface area contributed by atoms with Crippen molar-refractivity contribution in [1.29, 1.82) is 0 Å². The molecule has 112 valence electrons. The van der Waals surface area contributed by atoms with Crippen molar-refractivity contribution in [2.45, 2.75) is 19.4 Å². The molecule has 0 aliphatic heterocycles. The molecular weight excluding hydrogens is 278 g/mol. The number of hydrogen-bond acceptors (Lipinski definition) is 2. The summed E-state index contributed by atoms with van der Waals surface area (Å²) in [6.07, 6.45) is -0.441. The standard InChI is InChI=1S/C15H16F2N2O2/c16-14(17)10-19-9-1-2-13(19)15(21)18-8-7-11-3-5-12(20)6-4-11/h1-6,9,14,20H,7-8,10H2,(H,18,21). The molecule has 0 unspecified atom stereocenters. The van der Waals surface area contributed by atoms with Gasteiger partial charge in [-0.3, -0.25) is 4.79 Å². The van der Waals surface area contributed by atoms with Crippen LogP contribution in [0, 0.1) is 0 Å². The van der Waals surface area contributed by atoms with E-state index in [1.54, 1.807) is 30.3 Å². The molecule has 1 amide bonds. The van der Waals surface area contributed by atoms with E-state index in [-0.39, 0.29) is 17.4 Å². The van der Waals surface area contributed by atoms with Crippen LogP contribution in [0.25, 0.3) is 0 Å². The number of aromatic nitrogens is 1. The minimum absolute atomic E-state index is 0.188. The maximum absolute atomic E-state index is 12.4. The first kappa shape index (κ1) is 15.0. The number of phenolic OH excluding ortho intramolecular Hbond substituents is 1. The number of nitrogens with one attached hydrogen (secondary N) is 1. The fourth-order valence-electron chi connectivity index (χ4n) is 2.00. The van der Waals surface area contributed by atoms with Crippen LogP contribution in [0.4, 0.5) is 8.78 Å². The van der Waals surface area contributed by atoms with E-state index < -0.39 is 13.0 Å². The molecule has 0 aliphatic carbocycles. The van der Waals surface area contributed by atoms with Crippen LogP contribution in [0.5, 0.6) is 5.75 Å². The van der Waals surface area contributed by atoms with Gasteiger partial charge in [0.1, 0.15) is 11.4 Å². The summed E-state index contributed by atoms with van der Waals surface area (Å²) in [5.41, 5.74) is 1.19. The van der Waals surface area contributed by atoms with Gasteiger partial charge in [-0.15, -0.1) is 0 Å². The predicted molar refractivity (Wildman–Crippen MR) is 74.6 cm³/mol. The Morgan fingerprint density at radius 2 is 1.95 bits per heavy atom. The molecule has 2 aromatic rings. The van der Waals surface area contributed by atoms with E-state index in [1.165, 1.54) is 16.8 Å². The van der Waals surface area contributed by atoms with Crippen LogP contribution < -0.4 is 5.32 Å². The van der Waals surface area contributed by atoms with Crippen molar-refractivity contribution in [3.05, 3.63) is 53.9 Å². The van der Waals surface area contributed by atoms with Gasteiger partial charge in [0.25, 0.3) is 12.3 Å². The van der Waals surface area contributed by atoms with E-state index in [4.69, 9.17) is 5.11 Å². The van der Waals surface area contributed by atoms with Gasteiger partial charge in [0, 0.05) is 12.7 Å². The SMILES string of the molecule is O=C(NCCc1ccc(O)cc1)c1cccn1CC(F)F. The lowest BCUT2D eigenvalue weighted by Gasteiger charge is -2.09. The van der Waals surface area contributed by atoms with E-state index >= 15 is 0 Å². The van der Waals surface area contributed by atoms with Crippen LogP contribution in [-0.4, -0.2) is 28.6 Å². The number of halogens is 2. The summed E-state index contributed by atoms with van der Waals surface area (Å²) in [6, 6.07) is 9.76. The Hall–Kier alpha value is -2.37. The lowest BCUT2D eigenvalue weighted by atomic mass is 10.1. The van der Waals surface area contributed by atoms with Crippen molar-refractivity contribution in [3.63, 3.8) is 0 Å². The molecule has 0 atom stereocenters. The molecule has 2 N–H and O–H groups in total. The molecule has 0 fully saturated rings. The summed E-state index contributed by atoms with van der Waals surface area (Å²) in [5, 5.41) is 11.9. The van der Waals surface area contributed by atoms with Gasteiger partial charge in [-0.25, -0.2) is 8.78 Å². The number of phenols is 1. The summed E-state index contributed by atoms with van der Waals surface area (Å²) in [5.74, 6) is -0.188. The molecule has 1 aromatic heterocycles. The second-order valence-electron chi connectivity index (χ2n) is 4.61. The first-order valence-corrected chi connectivity index (χ1v) is 6.55. The van der Waals surface area contributed by atoms with Crippen LogP contribution >= 0.6 is 0 Å². The molecule has 0 bridgehead atoms. The Morgan fingerprint density at radius 1 is 1.24 bits per heavy atom. The number of carbonyl (C=O) groups is 1. The van der Waals surface area contributed by atoms with Gasteiger partial charge >= 0.3 is 0 Å². The summed E-state index contributed by atoms with van der Waals surface area (Å²) in [7, 11) is 0.